The first-order chi connectivity index (χ1) is 12.4. The number of methoxy groups -OCH3 is 1. The Balaban J connectivity index is 2.06. The van der Waals surface area contributed by atoms with Crippen LogP contribution in [0.3, 0.4) is 0 Å². The fraction of sp³-hybridized carbons (Fsp3) is 0.316. The first kappa shape index (κ1) is 19.2. The summed E-state index contributed by atoms with van der Waals surface area (Å²) in [6, 6.07) is 10.5. The molecule has 0 saturated carbocycles. The van der Waals surface area contributed by atoms with Crippen molar-refractivity contribution in [3.63, 3.8) is 0 Å². The van der Waals surface area contributed by atoms with Gasteiger partial charge in [-0.2, -0.15) is 0 Å². The molecule has 2 amide bonds. The lowest BCUT2D eigenvalue weighted by molar-refractivity contribution is -0.120. The highest BCUT2D eigenvalue weighted by Gasteiger charge is 2.17. The summed E-state index contributed by atoms with van der Waals surface area (Å²) in [7, 11) is 5.38. The molecule has 2 aromatic rings. The Hall–Kier alpha value is -3.09. The first-order valence-electron chi connectivity index (χ1n) is 8.23. The molecule has 138 valence electrons. The van der Waals surface area contributed by atoms with E-state index in [1.807, 2.05) is 37.2 Å². The standard InChI is InChI=1S/C19H24N4O3/c1-13(24)21-17(14-5-8-16(26-4)9-6-14)11-19(25)22-15-7-10-18(20-12-15)23(2)3/h5-10,12,17H,11H2,1-4H3,(H,21,24)(H,22,25). The predicted molar refractivity (Wildman–Crippen MR) is 101 cm³/mol. The minimum Gasteiger partial charge on any atom is -0.497 e. The topological polar surface area (TPSA) is 83.6 Å². The number of carbonyl (C=O) groups excluding carboxylic acids is 2. The Labute approximate surface area is 153 Å². The molecular weight excluding hydrogens is 332 g/mol. The van der Waals surface area contributed by atoms with Gasteiger partial charge in [0.05, 0.1) is 31.5 Å². The Morgan fingerprint density at radius 3 is 2.35 bits per heavy atom. The number of carbonyl (C=O) groups is 2. The fourth-order valence-corrected chi connectivity index (χ4v) is 2.46. The SMILES string of the molecule is COc1ccc(C(CC(=O)Nc2ccc(N(C)C)nc2)NC(C)=O)cc1. The van der Waals surface area contributed by atoms with Crippen molar-refractivity contribution in [3.8, 4) is 5.75 Å². The second-order valence-electron chi connectivity index (χ2n) is 6.08. The van der Waals surface area contributed by atoms with E-state index in [9.17, 15) is 9.59 Å². The average Bonchev–Trinajstić information content (AvgIpc) is 2.61. The summed E-state index contributed by atoms with van der Waals surface area (Å²) in [6.07, 6.45) is 1.72. The van der Waals surface area contributed by atoms with Gasteiger partial charge in [-0.15, -0.1) is 0 Å². The lowest BCUT2D eigenvalue weighted by Gasteiger charge is -2.18. The van der Waals surface area contributed by atoms with Crippen LogP contribution in [0.5, 0.6) is 5.75 Å². The fourth-order valence-electron chi connectivity index (χ4n) is 2.46. The molecule has 1 atom stereocenters. The van der Waals surface area contributed by atoms with E-state index in [2.05, 4.69) is 15.6 Å². The van der Waals surface area contributed by atoms with Crippen LogP contribution >= 0.6 is 0 Å². The van der Waals surface area contributed by atoms with Crippen molar-refractivity contribution in [1.29, 1.82) is 0 Å². The van der Waals surface area contributed by atoms with Crippen molar-refractivity contribution in [2.75, 3.05) is 31.4 Å². The van der Waals surface area contributed by atoms with Crippen molar-refractivity contribution >= 4 is 23.3 Å². The Morgan fingerprint density at radius 1 is 1.15 bits per heavy atom. The molecule has 0 aliphatic carbocycles. The van der Waals surface area contributed by atoms with E-state index in [4.69, 9.17) is 4.74 Å². The van der Waals surface area contributed by atoms with E-state index in [1.165, 1.54) is 6.92 Å². The number of nitrogens with one attached hydrogen (secondary N) is 2. The number of rotatable bonds is 7. The molecular formula is C19H24N4O3. The smallest absolute Gasteiger partial charge is 0.226 e. The van der Waals surface area contributed by atoms with Gasteiger partial charge in [-0.1, -0.05) is 12.1 Å². The molecule has 0 saturated heterocycles. The highest BCUT2D eigenvalue weighted by molar-refractivity contribution is 5.91. The van der Waals surface area contributed by atoms with Crippen molar-refractivity contribution < 1.29 is 14.3 Å². The van der Waals surface area contributed by atoms with Gasteiger partial charge in [-0.3, -0.25) is 9.59 Å². The zero-order chi connectivity index (χ0) is 19.1. The molecule has 0 spiro atoms. The number of nitrogens with zero attached hydrogens (tertiary/aromatic N) is 2. The van der Waals surface area contributed by atoms with E-state index in [1.54, 1.807) is 31.5 Å². The molecule has 26 heavy (non-hydrogen) atoms. The third-order valence-corrected chi connectivity index (χ3v) is 3.78. The third-order valence-electron chi connectivity index (χ3n) is 3.78. The molecule has 7 nitrogen and oxygen atoms in total. The number of amides is 2. The number of benzene rings is 1. The van der Waals surface area contributed by atoms with E-state index in [0.29, 0.717) is 11.4 Å². The molecule has 0 aliphatic rings. The molecule has 1 heterocycles. The molecule has 0 fully saturated rings. The molecule has 1 unspecified atom stereocenters. The van der Waals surface area contributed by atoms with E-state index in [-0.39, 0.29) is 18.2 Å². The second-order valence-corrected chi connectivity index (χ2v) is 6.08. The number of hydrogen-bond acceptors (Lipinski definition) is 5. The van der Waals surface area contributed by atoms with E-state index in [0.717, 1.165) is 11.4 Å². The van der Waals surface area contributed by atoms with Gasteiger partial charge in [0.1, 0.15) is 11.6 Å². The minimum absolute atomic E-state index is 0.112. The van der Waals surface area contributed by atoms with Gasteiger partial charge in [0, 0.05) is 21.0 Å². The van der Waals surface area contributed by atoms with Gasteiger partial charge < -0.3 is 20.3 Å². The lowest BCUT2D eigenvalue weighted by Crippen LogP contribution is -2.29. The highest BCUT2D eigenvalue weighted by Crippen LogP contribution is 2.21. The van der Waals surface area contributed by atoms with Gasteiger partial charge in [-0.05, 0) is 29.8 Å². The first-order valence-corrected chi connectivity index (χ1v) is 8.23. The van der Waals surface area contributed by atoms with Gasteiger partial charge in [0.25, 0.3) is 0 Å². The number of hydrogen-bond donors (Lipinski definition) is 2. The zero-order valence-electron chi connectivity index (χ0n) is 15.4. The number of ether oxygens (including phenoxy) is 1. The Kier molecular flexibility index (Phi) is 6.54. The Morgan fingerprint density at radius 2 is 1.85 bits per heavy atom. The zero-order valence-corrected chi connectivity index (χ0v) is 15.4. The van der Waals surface area contributed by atoms with Crippen LogP contribution in [0.15, 0.2) is 42.6 Å². The molecule has 1 aromatic heterocycles. The second kappa shape index (κ2) is 8.84. The third kappa shape index (κ3) is 5.47. The molecule has 2 rings (SSSR count). The normalized spacial score (nSPS) is 11.4. The monoisotopic (exact) mass is 356 g/mol. The van der Waals surface area contributed by atoms with Crippen molar-refractivity contribution in [2.24, 2.45) is 0 Å². The number of aromatic nitrogens is 1. The summed E-state index contributed by atoms with van der Waals surface area (Å²) in [6.45, 7) is 1.43. The molecule has 2 N–H and O–H groups in total. The summed E-state index contributed by atoms with van der Waals surface area (Å²) < 4.78 is 5.14. The molecule has 0 bridgehead atoms. The summed E-state index contributed by atoms with van der Waals surface area (Å²) >= 11 is 0. The lowest BCUT2D eigenvalue weighted by atomic mass is 10.0. The summed E-state index contributed by atoms with van der Waals surface area (Å²) in [4.78, 5) is 30.0. The van der Waals surface area contributed by atoms with Crippen LogP contribution < -0.4 is 20.3 Å². The minimum atomic E-state index is -0.424. The van der Waals surface area contributed by atoms with Crippen molar-refractivity contribution in [1.82, 2.24) is 10.3 Å². The maximum Gasteiger partial charge on any atom is 0.226 e. The molecule has 7 heteroatoms. The van der Waals surface area contributed by atoms with Crippen LogP contribution in [0.4, 0.5) is 11.5 Å². The van der Waals surface area contributed by atoms with Crippen molar-refractivity contribution in [3.05, 3.63) is 48.2 Å². The van der Waals surface area contributed by atoms with E-state index < -0.39 is 6.04 Å². The van der Waals surface area contributed by atoms with Crippen LogP contribution in [0.25, 0.3) is 0 Å². The summed E-state index contributed by atoms with van der Waals surface area (Å²) in [5.41, 5.74) is 1.44. The van der Waals surface area contributed by atoms with Crippen LogP contribution in [-0.2, 0) is 9.59 Å². The molecule has 1 aromatic carbocycles. The van der Waals surface area contributed by atoms with Gasteiger partial charge in [-0.25, -0.2) is 4.98 Å². The molecule has 0 aliphatic heterocycles. The Bertz CT molecular complexity index is 742. The maximum atomic E-state index is 12.4. The highest BCUT2D eigenvalue weighted by atomic mass is 16.5. The summed E-state index contributed by atoms with van der Waals surface area (Å²) in [5.74, 6) is 1.11. The van der Waals surface area contributed by atoms with Crippen LogP contribution in [0.2, 0.25) is 0 Å². The van der Waals surface area contributed by atoms with Crippen molar-refractivity contribution in [2.45, 2.75) is 19.4 Å². The van der Waals surface area contributed by atoms with Gasteiger partial charge >= 0.3 is 0 Å². The maximum absolute atomic E-state index is 12.4. The number of anilines is 2. The van der Waals surface area contributed by atoms with Crippen LogP contribution in [0, 0.1) is 0 Å². The van der Waals surface area contributed by atoms with Crippen LogP contribution in [0.1, 0.15) is 24.9 Å². The van der Waals surface area contributed by atoms with E-state index >= 15 is 0 Å². The average molecular weight is 356 g/mol. The predicted octanol–water partition coefficient (Wildman–Crippen LogP) is 2.36. The van der Waals surface area contributed by atoms with Crippen LogP contribution in [-0.4, -0.2) is 38.0 Å². The number of pyridine rings is 1. The van der Waals surface area contributed by atoms with Gasteiger partial charge in [0.2, 0.25) is 11.8 Å². The largest absolute Gasteiger partial charge is 0.497 e. The quantitative estimate of drug-likeness (QED) is 0.796. The summed E-state index contributed by atoms with van der Waals surface area (Å²) in [5, 5.41) is 5.62. The molecule has 0 radical (unpaired) electrons. The van der Waals surface area contributed by atoms with Gasteiger partial charge in [0.15, 0.2) is 0 Å².